The van der Waals surface area contributed by atoms with E-state index in [1.54, 1.807) is 24.4 Å². The lowest BCUT2D eigenvalue weighted by Gasteiger charge is -2.06. The summed E-state index contributed by atoms with van der Waals surface area (Å²) < 4.78 is 0. The third kappa shape index (κ3) is 3.38. The smallest absolute Gasteiger partial charge is 0.234 e. The van der Waals surface area contributed by atoms with Gasteiger partial charge < -0.3 is 10.3 Å². The molecule has 0 fully saturated rings. The summed E-state index contributed by atoms with van der Waals surface area (Å²) in [6.45, 7) is 0. The first kappa shape index (κ1) is 15.2. The summed E-state index contributed by atoms with van der Waals surface area (Å²) >= 11 is 13.2. The number of thioether (sulfide) groups is 1. The Kier molecular flexibility index (Phi) is 4.57. The number of carbonyl (C=O) groups is 1. The fourth-order valence-corrected chi connectivity index (χ4v) is 3.08. The normalized spacial score (nSPS) is 10.8. The molecule has 22 heavy (non-hydrogen) atoms. The lowest BCUT2D eigenvalue weighted by Crippen LogP contribution is -2.13. The number of nitrogens with zero attached hydrogens (tertiary/aromatic N) is 1. The van der Waals surface area contributed by atoms with Gasteiger partial charge in [-0.15, -0.1) is 11.8 Å². The Bertz CT molecular complexity index is 835. The summed E-state index contributed by atoms with van der Waals surface area (Å²) in [5, 5.41) is 4.67. The molecule has 0 bridgehead atoms. The fraction of sp³-hybridized carbons (Fsp3) is 0.0667. The highest BCUT2D eigenvalue weighted by molar-refractivity contribution is 8.00. The van der Waals surface area contributed by atoms with Crippen molar-refractivity contribution in [2.45, 2.75) is 4.90 Å². The zero-order chi connectivity index (χ0) is 15.5. The number of halogens is 2. The van der Waals surface area contributed by atoms with Gasteiger partial charge in [0.15, 0.2) is 0 Å². The van der Waals surface area contributed by atoms with Crippen LogP contribution in [-0.2, 0) is 4.79 Å². The molecule has 1 aromatic carbocycles. The van der Waals surface area contributed by atoms with Crippen LogP contribution in [0.15, 0.2) is 47.6 Å². The van der Waals surface area contributed by atoms with E-state index in [1.165, 1.54) is 11.8 Å². The summed E-state index contributed by atoms with van der Waals surface area (Å²) in [7, 11) is 0. The Hall–Kier alpha value is -1.69. The molecule has 3 aromatic rings. The van der Waals surface area contributed by atoms with E-state index in [0.717, 1.165) is 15.9 Å². The SMILES string of the molecule is O=C(CSc1c[nH]c2ncccc12)Nc1ccc(Cl)c(Cl)c1. The van der Waals surface area contributed by atoms with Crippen LogP contribution in [0.5, 0.6) is 0 Å². The molecular weight excluding hydrogens is 341 g/mol. The molecule has 7 heteroatoms. The highest BCUT2D eigenvalue weighted by Gasteiger charge is 2.09. The van der Waals surface area contributed by atoms with Crippen LogP contribution in [0, 0.1) is 0 Å². The van der Waals surface area contributed by atoms with Gasteiger partial charge in [0.25, 0.3) is 0 Å². The molecule has 0 unspecified atom stereocenters. The van der Waals surface area contributed by atoms with Crippen molar-refractivity contribution in [2.24, 2.45) is 0 Å². The number of nitrogens with one attached hydrogen (secondary N) is 2. The fourth-order valence-electron chi connectivity index (χ4n) is 1.96. The van der Waals surface area contributed by atoms with E-state index < -0.39 is 0 Å². The lowest BCUT2D eigenvalue weighted by atomic mass is 10.3. The third-order valence-electron chi connectivity index (χ3n) is 2.98. The second kappa shape index (κ2) is 6.60. The Labute approximate surface area is 141 Å². The number of anilines is 1. The monoisotopic (exact) mass is 351 g/mol. The first-order valence-electron chi connectivity index (χ1n) is 6.43. The van der Waals surface area contributed by atoms with Crippen molar-refractivity contribution >= 4 is 57.6 Å². The minimum Gasteiger partial charge on any atom is -0.345 e. The van der Waals surface area contributed by atoms with Crippen LogP contribution in [0.2, 0.25) is 10.0 Å². The zero-order valence-corrected chi connectivity index (χ0v) is 13.6. The maximum Gasteiger partial charge on any atom is 0.234 e. The Morgan fingerprint density at radius 3 is 2.95 bits per heavy atom. The Balaban J connectivity index is 1.63. The number of carbonyl (C=O) groups excluding carboxylic acids is 1. The third-order valence-corrected chi connectivity index (χ3v) is 4.77. The second-order valence-corrected chi connectivity index (χ2v) is 6.35. The van der Waals surface area contributed by atoms with Crippen LogP contribution >= 0.6 is 35.0 Å². The molecule has 1 amide bonds. The minimum atomic E-state index is -0.110. The first-order valence-corrected chi connectivity index (χ1v) is 8.17. The number of fused-ring (bicyclic) bond motifs is 1. The number of amides is 1. The quantitative estimate of drug-likeness (QED) is 0.675. The predicted molar refractivity (Wildman–Crippen MR) is 91.9 cm³/mol. The molecule has 0 atom stereocenters. The Morgan fingerprint density at radius 1 is 1.27 bits per heavy atom. The lowest BCUT2D eigenvalue weighted by molar-refractivity contribution is -0.113. The van der Waals surface area contributed by atoms with E-state index in [-0.39, 0.29) is 5.91 Å². The summed E-state index contributed by atoms with van der Waals surface area (Å²) in [4.78, 5) is 20.3. The maximum absolute atomic E-state index is 12.0. The molecule has 0 radical (unpaired) electrons. The topological polar surface area (TPSA) is 57.8 Å². The number of rotatable bonds is 4. The highest BCUT2D eigenvalue weighted by Crippen LogP contribution is 2.27. The Morgan fingerprint density at radius 2 is 2.14 bits per heavy atom. The van der Waals surface area contributed by atoms with Crippen LogP contribution in [0.4, 0.5) is 5.69 Å². The van der Waals surface area contributed by atoms with Crippen molar-refractivity contribution in [3.63, 3.8) is 0 Å². The molecule has 0 saturated heterocycles. The van der Waals surface area contributed by atoms with Crippen LogP contribution in [0.1, 0.15) is 0 Å². The van der Waals surface area contributed by atoms with E-state index in [0.29, 0.717) is 21.5 Å². The van der Waals surface area contributed by atoms with Gasteiger partial charge in [0.2, 0.25) is 5.91 Å². The van der Waals surface area contributed by atoms with E-state index in [4.69, 9.17) is 23.2 Å². The van der Waals surface area contributed by atoms with Gasteiger partial charge in [-0.25, -0.2) is 4.98 Å². The number of benzene rings is 1. The van der Waals surface area contributed by atoms with Crippen molar-refractivity contribution in [2.75, 3.05) is 11.1 Å². The van der Waals surface area contributed by atoms with Crippen LogP contribution in [0.3, 0.4) is 0 Å². The highest BCUT2D eigenvalue weighted by atomic mass is 35.5. The van der Waals surface area contributed by atoms with E-state index >= 15 is 0 Å². The van der Waals surface area contributed by atoms with Gasteiger partial charge in [0, 0.05) is 28.4 Å². The molecule has 4 nitrogen and oxygen atoms in total. The van der Waals surface area contributed by atoms with Crippen LogP contribution in [0.25, 0.3) is 11.0 Å². The van der Waals surface area contributed by atoms with E-state index in [2.05, 4.69) is 15.3 Å². The minimum absolute atomic E-state index is 0.110. The van der Waals surface area contributed by atoms with Gasteiger partial charge in [-0.1, -0.05) is 23.2 Å². The first-order chi connectivity index (χ1) is 10.6. The predicted octanol–water partition coefficient (Wildman–Crippen LogP) is 4.60. The molecule has 2 N–H and O–H groups in total. The largest absolute Gasteiger partial charge is 0.345 e. The summed E-state index contributed by atoms with van der Waals surface area (Å²) in [5.74, 6) is 0.184. The molecule has 0 spiro atoms. The summed E-state index contributed by atoms with van der Waals surface area (Å²) in [5.41, 5.74) is 1.44. The van der Waals surface area contributed by atoms with Crippen molar-refractivity contribution in [1.29, 1.82) is 0 Å². The number of aromatic amines is 1. The maximum atomic E-state index is 12.0. The van der Waals surface area contributed by atoms with Crippen molar-refractivity contribution in [3.05, 3.63) is 52.8 Å². The zero-order valence-electron chi connectivity index (χ0n) is 11.3. The van der Waals surface area contributed by atoms with Gasteiger partial charge >= 0.3 is 0 Å². The standard InChI is InChI=1S/C15H11Cl2N3OS/c16-11-4-3-9(6-12(11)17)20-14(21)8-22-13-7-19-15-10(13)2-1-5-18-15/h1-7H,8H2,(H,18,19)(H,20,21). The van der Waals surface area contributed by atoms with Gasteiger partial charge in [-0.05, 0) is 30.3 Å². The summed E-state index contributed by atoms with van der Waals surface area (Å²) in [6.07, 6.45) is 3.58. The number of hydrogen-bond donors (Lipinski definition) is 2. The number of aromatic nitrogens is 2. The number of pyridine rings is 1. The van der Waals surface area contributed by atoms with Gasteiger partial charge in [-0.2, -0.15) is 0 Å². The van der Waals surface area contributed by atoms with Crippen molar-refractivity contribution in [3.8, 4) is 0 Å². The van der Waals surface area contributed by atoms with Gasteiger partial charge in [0.1, 0.15) is 5.65 Å². The molecule has 112 valence electrons. The molecule has 2 aromatic heterocycles. The average molecular weight is 352 g/mol. The molecule has 0 saturated carbocycles. The molecular formula is C15H11Cl2N3OS. The molecule has 0 aliphatic rings. The van der Waals surface area contributed by atoms with E-state index in [9.17, 15) is 4.79 Å². The van der Waals surface area contributed by atoms with Crippen LogP contribution < -0.4 is 5.32 Å². The number of H-pyrrole nitrogens is 1. The van der Waals surface area contributed by atoms with Gasteiger partial charge in [0.05, 0.1) is 15.8 Å². The van der Waals surface area contributed by atoms with Crippen molar-refractivity contribution in [1.82, 2.24) is 9.97 Å². The second-order valence-electron chi connectivity index (χ2n) is 4.52. The molecule has 0 aliphatic heterocycles. The van der Waals surface area contributed by atoms with Crippen molar-refractivity contribution < 1.29 is 4.79 Å². The summed E-state index contributed by atoms with van der Waals surface area (Å²) in [6, 6.07) is 8.83. The molecule has 2 heterocycles. The van der Waals surface area contributed by atoms with E-state index in [1.807, 2.05) is 18.3 Å². The molecule has 3 rings (SSSR count). The average Bonchev–Trinajstić information content (AvgIpc) is 2.92. The van der Waals surface area contributed by atoms with Crippen LogP contribution in [-0.4, -0.2) is 21.6 Å². The molecule has 0 aliphatic carbocycles. The van der Waals surface area contributed by atoms with Gasteiger partial charge in [-0.3, -0.25) is 4.79 Å². The number of hydrogen-bond acceptors (Lipinski definition) is 3.